The molecule has 1 heteroatoms. The number of rotatable bonds is 5. The number of hydrogen-bond acceptors (Lipinski definition) is 0. The molecule has 0 aliphatic rings. The Kier molecular flexibility index (Phi) is 4.69. The summed E-state index contributed by atoms with van der Waals surface area (Å²) in [5.74, 6) is 0. The van der Waals surface area contributed by atoms with Gasteiger partial charge in [-0.1, -0.05) is 0 Å². The molecule has 0 fully saturated rings. The summed E-state index contributed by atoms with van der Waals surface area (Å²) in [7, 11) is 0. The van der Waals surface area contributed by atoms with Crippen LogP contribution in [-0.4, -0.2) is 12.8 Å². The molecule has 0 atom stereocenters. The Bertz CT molecular complexity index is 705. The molecule has 0 saturated carbocycles. The Morgan fingerprint density at radius 1 is 0.625 bits per heavy atom. The van der Waals surface area contributed by atoms with E-state index in [4.69, 9.17) is 0 Å². The number of hydrogen-bond donors (Lipinski definition) is 0. The third-order valence-electron chi connectivity index (χ3n) is 5.16. The zero-order chi connectivity index (χ0) is 16.9. The van der Waals surface area contributed by atoms with E-state index >= 15 is 0 Å². The van der Waals surface area contributed by atoms with Crippen LogP contribution in [0.4, 0.5) is 0 Å². The van der Waals surface area contributed by atoms with Crippen molar-refractivity contribution in [2.45, 2.75) is 6.92 Å². The summed E-state index contributed by atoms with van der Waals surface area (Å²) >= 11 is 0. The summed E-state index contributed by atoms with van der Waals surface area (Å²) in [5.41, 5.74) is 0. The van der Waals surface area contributed by atoms with Gasteiger partial charge >= 0.3 is 145 Å². The van der Waals surface area contributed by atoms with E-state index in [0.29, 0.717) is 0 Å². The van der Waals surface area contributed by atoms with Crippen molar-refractivity contribution < 1.29 is 0 Å². The zero-order valence-corrected chi connectivity index (χ0v) is 15.4. The predicted octanol–water partition coefficient (Wildman–Crippen LogP) is 4.72. The van der Waals surface area contributed by atoms with Crippen molar-refractivity contribution >= 4 is 22.5 Å². The summed E-state index contributed by atoms with van der Waals surface area (Å²) in [4.78, 5) is 0. The van der Waals surface area contributed by atoms with Crippen molar-refractivity contribution in [1.29, 1.82) is 0 Å². The molecule has 0 spiro atoms. The monoisotopic (exact) mass is 332 g/mol. The molecule has 0 amide bonds. The van der Waals surface area contributed by atoms with E-state index in [9.17, 15) is 0 Å². The maximum absolute atomic E-state index is 2.54. The van der Waals surface area contributed by atoms with E-state index in [0.717, 1.165) is 6.16 Å². The van der Waals surface area contributed by atoms with Gasteiger partial charge in [0.15, 0.2) is 0 Å². The molecule has 0 aliphatic heterocycles. The summed E-state index contributed by atoms with van der Waals surface area (Å²) in [6.07, 6.45) is 5.56. The average molecular weight is 332 g/mol. The maximum atomic E-state index is 2.51. The molecule has 3 rings (SSSR count). The fourth-order valence-electron chi connectivity index (χ4n) is 3.63. The molecule has 24 heavy (non-hydrogen) atoms. The number of allylic oxidation sites excluding steroid dienone is 2. The van der Waals surface area contributed by atoms with Crippen molar-refractivity contribution in [2.24, 2.45) is 0 Å². The van der Waals surface area contributed by atoms with Gasteiger partial charge in [0.05, 0.1) is 0 Å². The summed E-state index contributed by atoms with van der Waals surface area (Å²) in [6, 6.07) is 33.2. The van der Waals surface area contributed by atoms with Crippen LogP contribution in [-0.2, 0) is 0 Å². The second-order valence-corrected chi connectivity index (χ2v) is 12.1. The van der Waals surface area contributed by atoms with E-state index in [1.54, 1.807) is 0 Å². The van der Waals surface area contributed by atoms with Gasteiger partial charge < -0.3 is 0 Å². The first kappa shape index (κ1) is 16.7. The van der Waals surface area contributed by atoms with Gasteiger partial charge in [-0.25, -0.2) is 0 Å². The van der Waals surface area contributed by atoms with E-state index in [1.807, 2.05) is 0 Å². The van der Waals surface area contributed by atoms with Crippen molar-refractivity contribution in [3.8, 4) is 0 Å². The van der Waals surface area contributed by atoms with Crippen LogP contribution in [0, 0.1) is 0 Å². The molecule has 0 nitrogen and oxygen atoms in total. The van der Waals surface area contributed by atoms with Crippen LogP contribution < -0.4 is 15.9 Å². The molecule has 0 radical (unpaired) electrons. The van der Waals surface area contributed by atoms with Gasteiger partial charge in [0.1, 0.15) is 0 Å². The van der Waals surface area contributed by atoms with Crippen LogP contribution in [0.5, 0.6) is 0 Å². The second kappa shape index (κ2) is 6.75. The van der Waals surface area contributed by atoms with Gasteiger partial charge in [0.25, 0.3) is 0 Å². The van der Waals surface area contributed by atoms with Crippen LogP contribution in [0.2, 0.25) is 0 Å². The van der Waals surface area contributed by atoms with Crippen molar-refractivity contribution in [1.82, 2.24) is 0 Å². The van der Waals surface area contributed by atoms with Gasteiger partial charge in [0, 0.05) is 0 Å². The quantitative estimate of drug-likeness (QED) is 0.468. The van der Waals surface area contributed by atoms with Crippen LogP contribution >= 0.6 is 6.60 Å². The average Bonchev–Trinajstić information content (AvgIpc) is 2.68. The SMILES string of the molecule is C/C=C/CP(C)(c1ccccc1)(c1ccccc1)c1ccccc1. The minimum atomic E-state index is -2.54. The normalized spacial score (nSPS) is 13.5. The Morgan fingerprint density at radius 3 is 1.25 bits per heavy atom. The molecule has 3 aromatic carbocycles. The molecular weight excluding hydrogens is 307 g/mol. The first-order valence-electron chi connectivity index (χ1n) is 8.49. The molecular formula is C23H25P. The van der Waals surface area contributed by atoms with Gasteiger partial charge in [-0.3, -0.25) is 0 Å². The van der Waals surface area contributed by atoms with E-state index in [-0.39, 0.29) is 0 Å². The van der Waals surface area contributed by atoms with Gasteiger partial charge in [0.2, 0.25) is 0 Å². The Balaban J connectivity index is 2.42. The summed E-state index contributed by atoms with van der Waals surface area (Å²) < 4.78 is 0. The van der Waals surface area contributed by atoms with Crippen LogP contribution in [0.1, 0.15) is 6.92 Å². The number of benzene rings is 3. The molecule has 0 unspecified atom stereocenters. The molecule has 0 aromatic heterocycles. The standard InChI is InChI=1S/C23H25P/c1-3-4-20-24(2,21-14-8-5-9-15-21,22-16-10-6-11-17-22)23-18-12-7-13-19-23/h3-19H,20H2,1-2H3/b4-3+. The molecule has 0 saturated heterocycles. The molecule has 0 aliphatic carbocycles. The van der Waals surface area contributed by atoms with Gasteiger partial charge in [-0.2, -0.15) is 0 Å². The third kappa shape index (κ3) is 2.62. The molecule has 122 valence electrons. The van der Waals surface area contributed by atoms with E-state index < -0.39 is 6.60 Å². The molecule has 0 N–H and O–H groups in total. The second-order valence-electron chi connectivity index (χ2n) is 6.56. The third-order valence-corrected chi connectivity index (χ3v) is 11.4. The molecule has 3 aromatic rings. The Hall–Kier alpha value is -2.17. The minimum absolute atomic E-state index is 1.04. The van der Waals surface area contributed by atoms with Gasteiger partial charge in [-0.15, -0.1) is 0 Å². The summed E-state index contributed by atoms with van der Waals surface area (Å²) in [5, 5.41) is 4.33. The first-order valence-corrected chi connectivity index (χ1v) is 11.4. The van der Waals surface area contributed by atoms with Crippen LogP contribution in [0.25, 0.3) is 0 Å². The topological polar surface area (TPSA) is 0 Å². The van der Waals surface area contributed by atoms with Crippen LogP contribution in [0.3, 0.4) is 0 Å². The zero-order valence-electron chi connectivity index (χ0n) is 14.5. The fourth-order valence-corrected chi connectivity index (χ4v) is 8.83. The van der Waals surface area contributed by atoms with E-state index in [1.165, 1.54) is 15.9 Å². The van der Waals surface area contributed by atoms with Crippen molar-refractivity contribution in [3.63, 3.8) is 0 Å². The Morgan fingerprint density at radius 2 is 0.958 bits per heavy atom. The summed E-state index contributed by atoms with van der Waals surface area (Å²) in [6.45, 7) is 2.08. The van der Waals surface area contributed by atoms with Crippen molar-refractivity contribution in [3.05, 3.63) is 103 Å². The van der Waals surface area contributed by atoms with E-state index in [2.05, 4.69) is 117 Å². The van der Waals surface area contributed by atoms with Crippen LogP contribution in [0.15, 0.2) is 103 Å². The Labute approximate surface area is 145 Å². The van der Waals surface area contributed by atoms with Gasteiger partial charge in [-0.05, 0) is 0 Å². The predicted molar refractivity (Wildman–Crippen MR) is 111 cm³/mol. The molecule has 0 heterocycles. The molecule has 0 bridgehead atoms. The van der Waals surface area contributed by atoms with Crippen molar-refractivity contribution in [2.75, 3.05) is 12.8 Å². The fraction of sp³-hybridized carbons (Fsp3) is 0.130. The first-order chi connectivity index (χ1) is 11.7.